The molecule has 0 saturated carbocycles. The molecule has 0 aromatic carbocycles. The first-order valence-corrected chi connectivity index (χ1v) is 9.32. The largest absolute Gasteiger partial charge is 0.363 e. The van der Waals surface area contributed by atoms with Gasteiger partial charge in [-0.1, -0.05) is 6.42 Å². The lowest BCUT2D eigenvalue weighted by Gasteiger charge is -2.28. The molecule has 7 heteroatoms. The summed E-state index contributed by atoms with van der Waals surface area (Å²) in [7, 11) is 3.86. The van der Waals surface area contributed by atoms with Gasteiger partial charge in [0, 0.05) is 45.5 Å². The lowest BCUT2D eigenvalue weighted by atomic mass is 10.1. The molecule has 1 aromatic rings. The summed E-state index contributed by atoms with van der Waals surface area (Å²) >= 11 is 0. The number of urea groups is 1. The summed E-state index contributed by atoms with van der Waals surface area (Å²) in [6.45, 7) is 7.11. The Morgan fingerprint density at radius 1 is 1.24 bits per heavy atom. The molecule has 2 saturated heterocycles. The zero-order valence-electron chi connectivity index (χ0n) is 15.7. The molecule has 2 aliphatic rings. The molecule has 0 radical (unpaired) electrons. The number of amides is 2. The van der Waals surface area contributed by atoms with Gasteiger partial charge in [0.1, 0.15) is 5.82 Å². The second-order valence-corrected chi connectivity index (χ2v) is 7.48. The number of nitrogens with zero attached hydrogens (tertiary/aromatic N) is 5. The Hall–Kier alpha value is -1.89. The van der Waals surface area contributed by atoms with E-state index in [9.17, 15) is 4.79 Å². The predicted octanol–water partition coefficient (Wildman–Crippen LogP) is 2.19. The molecule has 1 atom stereocenters. The molecule has 138 valence electrons. The number of nitrogens with one attached hydrogen (secondary N) is 1. The van der Waals surface area contributed by atoms with Crippen molar-refractivity contribution in [1.29, 1.82) is 0 Å². The number of likely N-dealkylation sites (tertiary alicyclic amines) is 2. The fourth-order valence-electron chi connectivity index (χ4n) is 3.68. The zero-order valence-corrected chi connectivity index (χ0v) is 15.7. The number of aryl methyl sites for hydroxylation is 1. The van der Waals surface area contributed by atoms with Crippen LogP contribution in [-0.4, -0.2) is 72.6 Å². The van der Waals surface area contributed by atoms with Crippen LogP contribution in [-0.2, 0) is 0 Å². The van der Waals surface area contributed by atoms with Gasteiger partial charge in [0.25, 0.3) is 0 Å². The third-order valence-corrected chi connectivity index (χ3v) is 5.06. The van der Waals surface area contributed by atoms with Gasteiger partial charge in [-0.3, -0.25) is 5.32 Å². The van der Waals surface area contributed by atoms with Crippen LogP contribution in [0, 0.1) is 12.8 Å². The fourth-order valence-corrected chi connectivity index (χ4v) is 3.68. The molecule has 3 rings (SSSR count). The Balaban J connectivity index is 1.53. The third kappa shape index (κ3) is 4.81. The molecule has 2 fully saturated rings. The van der Waals surface area contributed by atoms with Crippen molar-refractivity contribution in [3.63, 3.8) is 0 Å². The SMILES string of the molecule is Cc1cc(N(C)C)nc(NC(=O)N2CC[C@H](CN3CCCCC3)C2)n1. The quantitative estimate of drug-likeness (QED) is 0.905. The monoisotopic (exact) mass is 346 g/mol. The molecule has 0 unspecified atom stereocenters. The Kier molecular flexibility index (Phi) is 5.73. The van der Waals surface area contributed by atoms with E-state index in [0.29, 0.717) is 11.9 Å². The van der Waals surface area contributed by atoms with E-state index < -0.39 is 0 Å². The Morgan fingerprint density at radius 3 is 2.72 bits per heavy atom. The summed E-state index contributed by atoms with van der Waals surface area (Å²) in [5, 5.41) is 2.87. The lowest BCUT2D eigenvalue weighted by Crippen LogP contribution is -2.37. The van der Waals surface area contributed by atoms with E-state index in [1.54, 1.807) is 0 Å². The summed E-state index contributed by atoms with van der Waals surface area (Å²) in [5.41, 5.74) is 0.846. The molecule has 25 heavy (non-hydrogen) atoms. The van der Waals surface area contributed by atoms with Crippen molar-refractivity contribution in [2.24, 2.45) is 5.92 Å². The number of aromatic nitrogens is 2. The van der Waals surface area contributed by atoms with Crippen LogP contribution in [0.4, 0.5) is 16.6 Å². The molecular formula is C18H30N6O. The highest BCUT2D eigenvalue weighted by Crippen LogP contribution is 2.21. The highest BCUT2D eigenvalue weighted by atomic mass is 16.2. The average molecular weight is 346 g/mol. The van der Waals surface area contributed by atoms with Gasteiger partial charge >= 0.3 is 6.03 Å². The molecular weight excluding hydrogens is 316 g/mol. The number of carbonyl (C=O) groups excluding carboxylic acids is 1. The van der Waals surface area contributed by atoms with Crippen molar-refractivity contribution in [2.45, 2.75) is 32.6 Å². The second-order valence-electron chi connectivity index (χ2n) is 7.48. The minimum atomic E-state index is -0.0866. The predicted molar refractivity (Wildman–Crippen MR) is 100 cm³/mol. The van der Waals surface area contributed by atoms with Gasteiger partial charge < -0.3 is 14.7 Å². The smallest absolute Gasteiger partial charge is 0.324 e. The third-order valence-electron chi connectivity index (χ3n) is 5.06. The van der Waals surface area contributed by atoms with Gasteiger partial charge in [-0.25, -0.2) is 9.78 Å². The van der Waals surface area contributed by atoms with E-state index in [4.69, 9.17) is 0 Å². The van der Waals surface area contributed by atoms with Crippen LogP contribution < -0.4 is 10.2 Å². The fraction of sp³-hybridized carbons (Fsp3) is 0.722. The number of carbonyl (C=O) groups is 1. The maximum Gasteiger partial charge on any atom is 0.324 e. The second kappa shape index (κ2) is 7.99. The van der Waals surface area contributed by atoms with Crippen molar-refractivity contribution in [1.82, 2.24) is 19.8 Å². The minimum absolute atomic E-state index is 0.0866. The summed E-state index contributed by atoms with van der Waals surface area (Å²) in [4.78, 5) is 27.7. The van der Waals surface area contributed by atoms with E-state index in [-0.39, 0.29) is 6.03 Å². The average Bonchev–Trinajstić information content (AvgIpc) is 3.04. The molecule has 0 bridgehead atoms. The normalized spacial score (nSPS) is 21.4. The minimum Gasteiger partial charge on any atom is -0.363 e. The molecule has 1 aromatic heterocycles. The Bertz CT molecular complexity index is 599. The number of hydrogen-bond donors (Lipinski definition) is 1. The summed E-state index contributed by atoms with van der Waals surface area (Å²) in [6.07, 6.45) is 5.08. The molecule has 0 aliphatic carbocycles. The van der Waals surface area contributed by atoms with Crippen molar-refractivity contribution >= 4 is 17.8 Å². The number of piperidine rings is 1. The lowest BCUT2D eigenvalue weighted by molar-refractivity contribution is 0.192. The standard InChI is InChI=1S/C18H30N6O/c1-14-11-16(22(2)3)20-17(19-14)21-18(25)24-10-7-15(13-24)12-23-8-5-4-6-9-23/h11,15H,4-10,12-13H2,1-3H3,(H,19,20,21,25)/t15-/m1/s1. The van der Waals surface area contributed by atoms with E-state index >= 15 is 0 Å². The van der Waals surface area contributed by atoms with Gasteiger partial charge in [0.2, 0.25) is 5.95 Å². The topological polar surface area (TPSA) is 64.6 Å². The van der Waals surface area contributed by atoms with Crippen LogP contribution in [0.15, 0.2) is 6.07 Å². The van der Waals surface area contributed by atoms with Crippen molar-refractivity contribution < 1.29 is 4.79 Å². The zero-order chi connectivity index (χ0) is 17.8. The number of anilines is 2. The van der Waals surface area contributed by atoms with Crippen molar-refractivity contribution in [2.75, 3.05) is 57.0 Å². The van der Waals surface area contributed by atoms with E-state index in [1.807, 2.05) is 36.9 Å². The summed E-state index contributed by atoms with van der Waals surface area (Å²) in [5.74, 6) is 1.76. The highest BCUT2D eigenvalue weighted by molar-refractivity contribution is 5.87. The van der Waals surface area contributed by atoms with Crippen LogP contribution in [0.5, 0.6) is 0 Å². The van der Waals surface area contributed by atoms with Crippen molar-refractivity contribution in [3.8, 4) is 0 Å². The number of hydrogen-bond acceptors (Lipinski definition) is 5. The maximum absolute atomic E-state index is 12.6. The van der Waals surface area contributed by atoms with Crippen molar-refractivity contribution in [3.05, 3.63) is 11.8 Å². The van der Waals surface area contributed by atoms with Crippen LogP contribution in [0.3, 0.4) is 0 Å². The van der Waals surface area contributed by atoms with Crippen LogP contribution in [0.2, 0.25) is 0 Å². The summed E-state index contributed by atoms with van der Waals surface area (Å²) in [6, 6.07) is 1.82. The first-order chi connectivity index (χ1) is 12.0. The Labute approximate surface area is 150 Å². The van der Waals surface area contributed by atoms with E-state index in [0.717, 1.165) is 37.6 Å². The molecule has 7 nitrogen and oxygen atoms in total. The van der Waals surface area contributed by atoms with Gasteiger partial charge in [-0.15, -0.1) is 0 Å². The number of rotatable bonds is 4. The van der Waals surface area contributed by atoms with Crippen LogP contribution in [0.25, 0.3) is 0 Å². The first-order valence-electron chi connectivity index (χ1n) is 9.32. The highest BCUT2D eigenvalue weighted by Gasteiger charge is 2.28. The maximum atomic E-state index is 12.6. The molecule has 1 N–H and O–H groups in total. The van der Waals surface area contributed by atoms with Gasteiger partial charge in [0.15, 0.2) is 0 Å². The molecule has 0 spiro atoms. The van der Waals surface area contributed by atoms with Crippen LogP contribution >= 0.6 is 0 Å². The van der Waals surface area contributed by atoms with Gasteiger partial charge in [-0.2, -0.15) is 4.98 Å². The van der Waals surface area contributed by atoms with E-state index in [1.165, 1.54) is 32.4 Å². The summed E-state index contributed by atoms with van der Waals surface area (Å²) < 4.78 is 0. The van der Waals surface area contributed by atoms with Gasteiger partial charge in [0.05, 0.1) is 0 Å². The molecule has 3 heterocycles. The van der Waals surface area contributed by atoms with E-state index in [2.05, 4.69) is 20.2 Å². The van der Waals surface area contributed by atoms with Crippen LogP contribution in [0.1, 0.15) is 31.4 Å². The van der Waals surface area contributed by atoms with Gasteiger partial charge in [-0.05, 0) is 45.2 Å². The molecule has 2 aliphatic heterocycles. The first kappa shape index (κ1) is 17.9. The molecule has 2 amide bonds. The Morgan fingerprint density at radius 2 is 2.00 bits per heavy atom.